The fraction of sp³-hybridized carbons (Fsp3) is 0.562. The third kappa shape index (κ3) is 3.96. The summed E-state index contributed by atoms with van der Waals surface area (Å²) in [6.45, 7) is 4.41. The second-order valence-electron chi connectivity index (χ2n) is 5.77. The summed E-state index contributed by atoms with van der Waals surface area (Å²) in [4.78, 5) is 14.4. The Labute approximate surface area is 131 Å². The minimum absolute atomic E-state index is 0.0758. The average Bonchev–Trinajstić information content (AvgIpc) is 2.45. The summed E-state index contributed by atoms with van der Waals surface area (Å²) >= 11 is 6.13. The number of para-hydroxylation sites is 1. The number of aliphatic hydroxyl groups is 1. The number of aliphatic hydroxyl groups excluding tert-OH is 1. The molecule has 0 saturated carbocycles. The van der Waals surface area contributed by atoms with Crippen molar-refractivity contribution in [2.75, 3.05) is 18.5 Å². The zero-order valence-corrected chi connectivity index (χ0v) is 13.4. The fourth-order valence-electron chi connectivity index (χ4n) is 2.96. The van der Waals surface area contributed by atoms with Gasteiger partial charge in [-0.15, -0.1) is 0 Å². The summed E-state index contributed by atoms with van der Waals surface area (Å²) in [6.07, 6.45) is 3.11. The Morgan fingerprint density at radius 2 is 2.24 bits per heavy atom. The molecule has 21 heavy (non-hydrogen) atoms. The number of hydrogen-bond acceptors (Lipinski definition) is 3. The number of benzene rings is 1. The van der Waals surface area contributed by atoms with Crippen LogP contribution in [0.4, 0.5) is 5.69 Å². The Balaban J connectivity index is 2.03. The highest BCUT2D eigenvalue weighted by Crippen LogP contribution is 2.26. The minimum Gasteiger partial charge on any atom is -0.395 e. The van der Waals surface area contributed by atoms with E-state index in [1.54, 1.807) is 6.07 Å². The molecule has 1 aromatic rings. The average molecular weight is 311 g/mol. The van der Waals surface area contributed by atoms with Crippen LogP contribution < -0.4 is 5.32 Å². The smallest absolute Gasteiger partial charge is 0.238 e. The van der Waals surface area contributed by atoms with Gasteiger partial charge in [0.1, 0.15) is 0 Å². The van der Waals surface area contributed by atoms with Crippen LogP contribution >= 0.6 is 11.6 Å². The largest absolute Gasteiger partial charge is 0.395 e. The predicted octanol–water partition coefficient (Wildman–Crippen LogP) is 2.82. The maximum Gasteiger partial charge on any atom is 0.238 e. The topological polar surface area (TPSA) is 52.6 Å². The molecule has 1 heterocycles. The molecular weight excluding hydrogens is 288 g/mol. The van der Waals surface area contributed by atoms with Gasteiger partial charge in [-0.2, -0.15) is 0 Å². The molecule has 0 spiro atoms. The summed E-state index contributed by atoms with van der Waals surface area (Å²) in [6, 6.07) is 5.94. The summed E-state index contributed by atoms with van der Waals surface area (Å²) in [5.74, 6) is -0.0848. The molecule has 2 N–H and O–H groups in total. The molecule has 1 saturated heterocycles. The first kappa shape index (κ1) is 16.3. The first-order chi connectivity index (χ1) is 10.0. The third-order valence-electron chi connectivity index (χ3n) is 4.22. The van der Waals surface area contributed by atoms with Crippen molar-refractivity contribution < 1.29 is 9.90 Å². The van der Waals surface area contributed by atoms with Crippen molar-refractivity contribution in [3.63, 3.8) is 0 Å². The summed E-state index contributed by atoms with van der Waals surface area (Å²) in [5.41, 5.74) is 1.62. The molecule has 1 amide bonds. The van der Waals surface area contributed by atoms with E-state index >= 15 is 0 Å². The molecule has 4 nitrogen and oxygen atoms in total. The van der Waals surface area contributed by atoms with Gasteiger partial charge in [-0.3, -0.25) is 9.69 Å². The zero-order chi connectivity index (χ0) is 15.4. The van der Waals surface area contributed by atoms with Crippen molar-refractivity contribution in [3.8, 4) is 0 Å². The third-order valence-corrected chi connectivity index (χ3v) is 4.53. The number of likely N-dealkylation sites (tertiary alicyclic amines) is 1. The molecular formula is C16H23ClN2O2. The molecule has 0 aliphatic carbocycles. The monoisotopic (exact) mass is 310 g/mol. The molecule has 2 unspecified atom stereocenters. The van der Waals surface area contributed by atoms with Gasteiger partial charge in [-0.05, 0) is 38.3 Å². The highest BCUT2D eigenvalue weighted by Gasteiger charge is 2.29. The van der Waals surface area contributed by atoms with Gasteiger partial charge >= 0.3 is 0 Å². The number of nitrogens with zero attached hydrogens (tertiary/aromatic N) is 1. The Bertz CT molecular complexity index is 487. The minimum atomic E-state index is -0.0848. The summed E-state index contributed by atoms with van der Waals surface area (Å²) in [7, 11) is 0. The van der Waals surface area contributed by atoms with Crippen LogP contribution in [0.5, 0.6) is 0 Å². The van der Waals surface area contributed by atoms with Gasteiger partial charge in [0.05, 0.1) is 23.9 Å². The van der Waals surface area contributed by atoms with Crippen LogP contribution in [0.15, 0.2) is 18.2 Å². The molecule has 5 heteroatoms. The van der Waals surface area contributed by atoms with Crippen LogP contribution in [0.1, 0.15) is 31.7 Å². The Kier molecular flexibility index (Phi) is 5.62. The number of carbonyl (C=O) groups is 1. The second kappa shape index (κ2) is 7.25. The first-order valence-electron chi connectivity index (χ1n) is 7.44. The lowest BCUT2D eigenvalue weighted by molar-refractivity contribution is -0.119. The van der Waals surface area contributed by atoms with Crippen molar-refractivity contribution in [3.05, 3.63) is 28.8 Å². The van der Waals surface area contributed by atoms with Crippen LogP contribution in [-0.2, 0) is 4.79 Å². The van der Waals surface area contributed by atoms with E-state index < -0.39 is 0 Å². The standard InChI is InChI=1S/C16H23ClN2O2/c1-11-5-3-8-14(17)16(11)18-15(21)9-19-12(2)6-4-7-13(19)10-20/h3,5,8,12-13,20H,4,6-7,9-10H2,1-2H3,(H,18,21). The van der Waals surface area contributed by atoms with E-state index in [-0.39, 0.29) is 25.1 Å². The number of piperidine rings is 1. The lowest BCUT2D eigenvalue weighted by atomic mass is 9.97. The normalized spacial score (nSPS) is 23.0. The molecule has 0 radical (unpaired) electrons. The number of halogens is 1. The molecule has 0 bridgehead atoms. The number of amides is 1. The Morgan fingerprint density at radius 1 is 1.48 bits per heavy atom. The lowest BCUT2D eigenvalue weighted by Crippen LogP contribution is -2.50. The van der Waals surface area contributed by atoms with E-state index in [1.807, 2.05) is 19.1 Å². The van der Waals surface area contributed by atoms with Crippen LogP contribution in [0, 0.1) is 6.92 Å². The number of anilines is 1. The number of hydrogen-bond donors (Lipinski definition) is 2. The highest BCUT2D eigenvalue weighted by molar-refractivity contribution is 6.33. The van der Waals surface area contributed by atoms with Crippen LogP contribution in [-0.4, -0.2) is 41.1 Å². The molecule has 0 aromatic heterocycles. The van der Waals surface area contributed by atoms with Crippen molar-refractivity contribution >= 4 is 23.2 Å². The van der Waals surface area contributed by atoms with E-state index in [0.717, 1.165) is 24.8 Å². The van der Waals surface area contributed by atoms with Gasteiger partial charge in [-0.1, -0.05) is 30.2 Å². The molecule has 1 aliphatic heterocycles. The maximum absolute atomic E-state index is 12.3. The lowest BCUT2D eigenvalue weighted by Gasteiger charge is -2.39. The number of aryl methyl sites for hydroxylation is 1. The van der Waals surface area contributed by atoms with E-state index in [1.165, 1.54) is 0 Å². The molecule has 2 rings (SSSR count). The zero-order valence-electron chi connectivity index (χ0n) is 12.6. The van der Waals surface area contributed by atoms with E-state index in [0.29, 0.717) is 16.8 Å². The summed E-state index contributed by atoms with van der Waals surface area (Å²) in [5, 5.41) is 12.9. The van der Waals surface area contributed by atoms with Gasteiger partial charge in [0.2, 0.25) is 5.91 Å². The summed E-state index contributed by atoms with van der Waals surface area (Å²) < 4.78 is 0. The van der Waals surface area contributed by atoms with Crippen LogP contribution in [0.25, 0.3) is 0 Å². The van der Waals surface area contributed by atoms with Crippen molar-refractivity contribution in [2.45, 2.75) is 45.2 Å². The molecule has 116 valence electrons. The van der Waals surface area contributed by atoms with Crippen molar-refractivity contribution in [1.29, 1.82) is 0 Å². The number of carbonyl (C=O) groups excluding carboxylic acids is 1. The van der Waals surface area contributed by atoms with Crippen LogP contribution in [0.2, 0.25) is 5.02 Å². The second-order valence-corrected chi connectivity index (χ2v) is 6.18. The number of rotatable bonds is 4. The molecule has 1 aliphatic rings. The fourth-order valence-corrected chi connectivity index (χ4v) is 3.23. The van der Waals surface area contributed by atoms with Gasteiger partial charge in [0.25, 0.3) is 0 Å². The Hall–Kier alpha value is -1.10. The van der Waals surface area contributed by atoms with Gasteiger partial charge in [0, 0.05) is 12.1 Å². The van der Waals surface area contributed by atoms with E-state index in [4.69, 9.17) is 11.6 Å². The predicted molar refractivity (Wildman–Crippen MR) is 85.7 cm³/mol. The van der Waals surface area contributed by atoms with Crippen molar-refractivity contribution in [2.24, 2.45) is 0 Å². The van der Waals surface area contributed by atoms with Gasteiger partial charge in [0.15, 0.2) is 0 Å². The highest BCUT2D eigenvalue weighted by atomic mass is 35.5. The van der Waals surface area contributed by atoms with E-state index in [9.17, 15) is 9.90 Å². The number of nitrogens with one attached hydrogen (secondary N) is 1. The van der Waals surface area contributed by atoms with Gasteiger partial charge in [-0.25, -0.2) is 0 Å². The van der Waals surface area contributed by atoms with Crippen LogP contribution in [0.3, 0.4) is 0 Å². The maximum atomic E-state index is 12.3. The SMILES string of the molecule is Cc1cccc(Cl)c1NC(=O)CN1C(C)CCCC1CO. The van der Waals surface area contributed by atoms with E-state index in [2.05, 4.69) is 17.1 Å². The molecule has 2 atom stereocenters. The quantitative estimate of drug-likeness (QED) is 0.899. The van der Waals surface area contributed by atoms with Gasteiger partial charge < -0.3 is 10.4 Å². The Morgan fingerprint density at radius 3 is 2.90 bits per heavy atom. The van der Waals surface area contributed by atoms with Crippen molar-refractivity contribution in [1.82, 2.24) is 4.90 Å². The molecule has 1 fully saturated rings. The molecule has 1 aromatic carbocycles. The first-order valence-corrected chi connectivity index (χ1v) is 7.82.